The molecule has 0 radical (unpaired) electrons. The first-order valence-electron chi connectivity index (χ1n) is 9.76. The third-order valence-electron chi connectivity index (χ3n) is 4.77. The molecule has 3 aromatic heterocycles. The van der Waals surface area contributed by atoms with E-state index in [4.69, 9.17) is 4.74 Å². The van der Waals surface area contributed by atoms with Crippen LogP contribution in [0.5, 0.6) is 5.75 Å². The molecule has 0 unspecified atom stereocenters. The van der Waals surface area contributed by atoms with Gasteiger partial charge < -0.3 is 19.7 Å². The minimum atomic E-state index is -1.06. The molecule has 3 heterocycles. The molecular weight excluding hydrogens is 433 g/mol. The molecule has 2 N–H and O–H groups in total. The number of nitrogens with zero attached hydrogens (tertiary/aromatic N) is 4. The molecule has 0 atom stereocenters. The van der Waals surface area contributed by atoms with Crippen LogP contribution < -0.4 is 10.1 Å². The number of nitriles is 1. The summed E-state index contributed by atoms with van der Waals surface area (Å²) in [4.78, 5) is 20.6. The summed E-state index contributed by atoms with van der Waals surface area (Å²) in [6.45, 7) is 2.88. The van der Waals surface area contributed by atoms with E-state index in [1.165, 1.54) is 6.33 Å². The number of benzene rings is 1. The van der Waals surface area contributed by atoms with Crippen molar-refractivity contribution >= 4 is 34.0 Å². The Hall–Kier alpha value is -3.97. The highest BCUT2D eigenvalue weighted by atomic mass is 32.1. The van der Waals surface area contributed by atoms with Gasteiger partial charge in [0.05, 0.1) is 22.7 Å². The maximum atomic E-state index is 14.5. The van der Waals surface area contributed by atoms with E-state index in [1.54, 1.807) is 47.9 Å². The molecule has 0 aliphatic rings. The number of carboxylic acids is 1. The van der Waals surface area contributed by atoms with Crippen molar-refractivity contribution in [2.24, 2.45) is 0 Å². The highest BCUT2D eigenvalue weighted by Crippen LogP contribution is 2.36. The van der Waals surface area contributed by atoms with Gasteiger partial charge in [-0.25, -0.2) is 19.2 Å². The molecule has 32 heavy (non-hydrogen) atoms. The van der Waals surface area contributed by atoms with Crippen LogP contribution in [0.1, 0.15) is 22.3 Å². The first-order chi connectivity index (χ1) is 15.5. The van der Waals surface area contributed by atoms with Gasteiger partial charge in [0.25, 0.3) is 0 Å². The lowest BCUT2D eigenvalue weighted by Crippen LogP contribution is -2.12. The average molecular weight is 451 g/mol. The van der Waals surface area contributed by atoms with Crippen molar-refractivity contribution in [3.8, 4) is 22.4 Å². The molecule has 1 aromatic carbocycles. The van der Waals surface area contributed by atoms with E-state index in [2.05, 4.69) is 15.3 Å². The van der Waals surface area contributed by atoms with Crippen LogP contribution in [0, 0.1) is 17.1 Å². The van der Waals surface area contributed by atoms with Crippen molar-refractivity contribution in [2.45, 2.75) is 13.5 Å². The zero-order valence-electron chi connectivity index (χ0n) is 17.0. The maximum Gasteiger partial charge on any atom is 0.349 e. The van der Waals surface area contributed by atoms with E-state index in [0.29, 0.717) is 52.7 Å². The average Bonchev–Trinajstić information content (AvgIpc) is 3.34. The van der Waals surface area contributed by atoms with E-state index in [-0.39, 0.29) is 10.6 Å². The van der Waals surface area contributed by atoms with Crippen LogP contribution in [0.15, 0.2) is 42.7 Å². The monoisotopic (exact) mass is 451 g/mol. The molecule has 0 spiro atoms. The fourth-order valence-corrected chi connectivity index (χ4v) is 4.31. The third kappa shape index (κ3) is 3.98. The van der Waals surface area contributed by atoms with Gasteiger partial charge in [0.2, 0.25) is 0 Å². The molecule has 10 heteroatoms. The van der Waals surface area contributed by atoms with Crippen LogP contribution in [0.2, 0.25) is 0 Å². The van der Waals surface area contributed by atoms with Crippen LogP contribution in [0.25, 0.3) is 21.5 Å². The van der Waals surface area contributed by atoms with Crippen LogP contribution in [-0.2, 0) is 6.54 Å². The number of ether oxygens (including phenoxy) is 1. The highest BCUT2D eigenvalue weighted by Gasteiger charge is 2.19. The fraction of sp³-hybridized carbons (Fsp3) is 0.182. The lowest BCUT2D eigenvalue weighted by Gasteiger charge is -2.09. The van der Waals surface area contributed by atoms with Crippen LogP contribution in [0.4, 0.5) is 10.2 Å². The van der Waals surface area contributed by atoms with Crippen LogP contribution in [0.3, 0.4) is 0 Å². The summed E-state index contributed by atoms with van der Waals surface area (Å²) in [7, 11) is 0. The second kappa shape index (κ2) is 9.03. The van der Waals surface area contributed by atoms with E-state index >= 15 is 0 Å². The Labute approximate surface area is 186 Å². The van der Waals surface area contributed by atoms with E-state index in [9.17, 15) is 19.6 Å². The largest absolute Gasteiger partial charge is 0.492 e. The number of nitrogens with one attached hydrogen (secondary N) is 1. The fourth-order valence-electron chi connectivity index (χ4n) is 3.40. The van der Waals surface area contributed by atoms with E-state index in [0.717, 1.165) is 11.3 Å². The number of para-hydroxylation sites is 1. The van der Waals surface area contributed by atoms with Gasteiger partial charge in [-0.1, -0.05) is 12.1 Å². The minimum absolute atomic E-state index is 0.0142. The minimum Gasteiger partial charge on any atom is -0.492 e. The second-order valence-corrected chi connectivity index (χ2v) is 7.75. The van der Waals surface area contributed by atoms with Gasteiger partial charge in [0, 0.05) is 30.6 Å². The maximum absolute atomic E-state index is 14.5. The molecule has 162 valence electrons. The molecule has 8 nitrogen and oxygen atoms in total. The van der Waals surface area contributed by atoms with E-state index in [1.807, 2.05) is 6.07 Å². The van der Waals surface area contributed by atoms with Gasteiger partial charge in [-0.15, -0.1) is 11.3 Å². The molecule has 0 bridgehead atoms. The smallest absolute Gasteiger partial charge is 0.349 e. The first kappa shape index (κ1) is 21.3. The summed E-state index contributed by atoms with van der Waals surface area (Å²) in [6, 6.07) is 12.2. The molecule has 0 saturated carbocycles. The number of thiophene rings is 1. The third-order valence-corrected chi connectivity index (χ3v) is 5.90. The van der Waals surface area contributed by atoms with Crippen molar-refractivity contribution < 1.29 is 19.0 Å². The number of hydrogen-bond donors (Lipinski definition) is 2. The van der Waals surface area contributed by atoms with Gasteiger partial charge in [-0.2, -0.15) is 5.26 Å². The Morgan fingerprint density at radius 3 is 2.91 bits per heavy atom. The number of aromatic nitrogens is 3. The molecular formula is C22H18FN5O3S. The highest BCUT2D eigenvalue weighted by molar-refractivity contribution is 7.17. The van der Waals surface area contributed by atoms with Gasteiger partial charge >= 0.3 is 5.97 Å². The molecule has 4 rings (SSSR count). The molecule has 4 aromatic rings. The summed E-state index contributed by atoms with van der Waals surface area (Å²) in [5.74, 6) is -0.756. The number of aromatic carboxylic acids is 1. The number of hydrogen-bond acceptors (Lipinski definition) is 7. The van der Waals surface area contributed by atoms with Crippen molar-refractivity contribution in [3.05, 3.63) is 59.1 Å². The van der Waals surface area contributed by atoms with Gasteiger partial charge in [-0.05, 0) is 19.1 Å². The van der Waals surface area contributed by atoms with Gasteiger partial charge in [0.1, 0.15) is 24.0 Å². The van der Waals surface area contributed by atoms with Crippen LogP contribution in [-0.4, -0.2) is 38.8 Å². The van der Waals surface area contributed by atoms with Crippen molar-refractivity contribution in [2.75, 3.05) is 18.5 Å². The SMILES string of the molecule is CCOc1cc(-c2cc(NCCn3c(C#N)c(F)c4ccccc43)ncn2)sc1C(=O)O. The standard InChI is InChI=1S/C22H18FN5O3S/c1-2-31-17-10-18(32-21(17)22(29)30)14-9-19(27-12-26-14)25-7-8-28-15-6-4-3-5-13(15)20(23)16(28)11-24/h3-6,9-10,12H,2,7-8H2,1H3,(H,29,30)(H,25,26,27). The lowest BCUT2D eigenvalue weighted by atomic mass is 10.2. The number of rotatable bonds is 8. The molecule has 0 aliphatic heterocycles. The van der Waals surface area contributed by atoms with Crippen molar-refractivity contribution in [3.63, 3.8) is 0 Å². The summed E-state index contributed by atoms with van der Waals surface area (Å²) in [5.41, 5.74) is 1.19. The quantitative estimate of drug-likeness (QED) is 0.409. The summed E-state index contributed by atoms with van der Waals surface area (Å²) < 4.78 is 21.5. The van der Waals surface area contributed by atoms with Crippen LogP contribution >= 0.6 is 11.3 Å². The molecule has 0 aliphatic carbocycles. The molecule has 0 amide bonds. The van der Waals surface area contributed by atoms with Gasteiger partial charge in [-0.3, -0.25) is 0 Å². The summed E-state index contributed by atoms with van der Waals surface area (Å²) in [6.07, 6.45) is 1.38. The van der Waals surface area contributed by atoms with Gasteiger partial charge in [0.15, 0.2) is 16.4 Å². The number of fused-ring (bicyclic) bond motifs is 1. The molecule has 0 fully saturated rings. The predicted molar refractivity (Wildman–Crippen MR) is 119 cm³/mol. The first-order valence-corrected chi connectivity index (χ1v) is 10.6. The predicted octanol–water partition coefficient (Wildman–Crippen LogP) is 4.38. The molecule has 0 saturated heterocycles. The van der Waals surface area contributed by atoms with E-state index < -0.39 is 11.8 Å². The zero-order valence-corrected chi connectivity index (χ0v) is 17.8. The number of anilines is 1. The Bertz CT molecular complexity index is 1340. The normalized spacial score (nSPS) is 10.8. The Morgan fingerprint density at radius 2 is 2.16 bits per heavy atom. The second-order valence-electron chi connectivity index (χ2n) is 6.70. The topological polar surface area (TPSA) is 113 Å². The summed E-state index contributed by atoms with van der Waals surface area (Å²) in [5, 5.41) is 22.3. The number of carbonyl (C=O) groups is 1. The van der Waals surface area contributed by atoms with Crippen molar-refractivity contribution in [1.29, 1.82) is 5.26 Å². The Kier molecular flexibility index (Phi) is 6.00. The Morgan fingerprint density at radius 1 is 1.34 bits per heavy atom. The zero-order chi connectivity index (χ0) is 22.7. The number of halogens is 1. The number of carboxylic acid groups (broad SMARTS) is 1. The Balaban J connectivity index is 1.53. The summed E-state index contributed by atoms with van der Waals surface area (Å²) >= 11 is 1.07. The van der Waals surface area contributed by atoms with Crippen molar-refractivity contribution in [1.82, 2.24) is 14.5 Å². The lowest BCUT2D eigenvalue weighted by molar-refractivity contribution is 0.0698.